The Morgan fingerprint density at radius 1 is 0.654 bits per heavy atom. The molecule has 0 radical (unpaired) electrons. The number of hydrogen-bond donors (Lipinski definition) is 0. The zero-order chi connectivity index (χ0) is 18.5. The van der Waals surface area contributed by atoms with Gasteiger partial charge in [-0.1, -0.05) is 36.3 Å². The normalized spacial score (nSPS) is 10.0. The van der Waals surface area contributed by atoms with Gasteiger partial charge in [-0.05, 0) is 36.3 Å². The van der Waals surface area contributed by atoms with Gasteiger partial charge in [-0.2, -0.15) is 0 Å². The minimum absolute atomic E-state index is 0.787. The van der Waals surface area contributed by atoms with E-state index in [2.05, 4.69) is 50.9 Å². The molecule has 3 aromatic rings. The summed E-state index contributed by atoms with van der Waals surface area (Å²) in [6, 6.07) is 20.5. The van der Waals surface area contributed by atoms with Crippen molar-refractivity contribution in [2.75, 3.05) is 38.0 Å². The van der Waals surface area contributed by atoms with Gasteiger partial charge >= 0.3 is 0 Å². The molecule has 0 saturated heterocycles. The molecule has 0 saturated carbocycles. The van der Waals surface area contributed by atoms with E-state index < -0.39 is 0 Å². The Hall–Kier alpha value is -3.25. The molecule has 0 aliphatic carbocycles. The van der Waals surface area contributed by atoms with Gasteiger partial charge in [0, 0.05) is 56.8 Å². The van der Waals surface area contributed by atoms with Crippen molar-refractivity contribution >= 4 is 11.4 Å². The molecule has 0 fully saturated rings. The van der Waals surface area contributed by atoms with Crippen LogP contribution in [0.25, 0.3) is 11.1 Å². The van der Waals surface area contributed by atoms with Gasteiger partial charge in [-0.25, -0.2) is 4.98 Å². The minimum Gasteiger partial charge on any atom is -0.377 e. The molecular weight excluding hydrogens is 318 g/mol. The molecule has 3 nitrogen and oxygen atoms in total. The summed E-state index contributed by atoms with van der Waals surface area (Å²) in [7, 11) is 8.15. The van der Waals surface area contributed by atoms with E-state index in [1.54, 1.807) is 6.20 Å². The van der Waals surface area contributed by atoms with Gasteiger partial charge in [0.15, 0.2) is 0 Å². The van der Waals surface area contributed by atoms with Crippen molar-refractivity contribution in [2.24, 2.45) is 0 Å². The van der Waals surface area contributed by atoms with Crippen molar-refractivity contribution in [3.05, 3.63) is 78.1 Å². The monoisotopic (exact) mass is 341 g/mol. The lowest BCUT2D eigenvalue weighted by Gasteiger charge is -2.18. The highest BCUT2D eigenvalue weighted by molar-refractivity contribution is 5.81. The molecular formula is C23H23N3. The number of benzene rings is 2. The molecule has 3 rings (SSSR count). The average molecular weight is 341 g/mol. The van der Waals surface area contributed by atoms with E-state index in [0.29, 0.717) is 0 Å². The second kappa shape index (κ2) is 7.76. The molecule has 0 bridgehead atoms. The van der Waals surface area contributed by atoms with Crippen molar-refractivity contribution in [3.8, 4) is 23.0 Å². The van der Waals surface area contributed by atoms with E-state index in [4.69, 9.17) is 0 Å². The van der Waals surface area contributed by atoms with Crippen molar-refractivity contribution in [1.82, 2.24) is 4.98 Å². The number of hydrogen-bond acceptors (Lipinski definition) is 3. The van der Waals surface area contributed by atoms with Gasteiger partial charge in [0.05, 0.1) is 5.69 Å². The first kappa shape index (κ1) is 17.6. The fourth-order valence-corrected chi connectivity index (χ4v) is 2.91. The summed E-state index contributed by atoms with van der Waals surface area (Å²) >= 11 is 0. The molecule has 0 aliphatic heterocycles. The SMILES string of the molecule is CN(C)c1ccccc1C#Cc1ncccc1-c1ccccc1N(C)C. The van der Waals surface area contributed by atoms with Gasteiger partial charge in [-0.3, -0.25) is 0 Å². The van der Waals surface area contributed by atoms with E-state index in [1.807, 2.05) is 64.6 Å². The van der Waals surface area contributed by atoms with Crippen LogP contribution in [-0.2, 0) is 0 Å². The van der Waals surface area contributed by atoms with Crippen molar-refractivity contribution in [1.29, 1.82) is 0 Å². The molecule has 0 atom stereocenters. The minimum atomic E-state index is 0.787. The molecule has 0 spiro atoms. The van der Waals surface area contributed by atoms with Gasteiger partial charge < -0.3 is 9.80 Å². The van der Waals surface area contributed by atoms with Gasteiger partial charge in [0.1, 0.15) is 5.69 Å². The van der Waals surface area contributed by atoms with E-state index in [0.717, 1.165) is 33.8 Å². The third-order valence-electron chi connectivity index (χ3n) is 4.19. The zero-order valence-electron chi connectivity index (χ0n) is 15.7. The first-order chi connectivity index (χ1) is 12.6. The molecule has 1 heterocycles. The number of para-hydroxylation sites is 2. The molecule has 26 heavy (non-hydrogen) atoms. The summed E-state index contributed by atoms with van der Waals surface area (Å²) in [5.74, 6) is 6.59. The number of aromatic nitrogens is 1. The largest absolute Gasteiger partial charge is 0.377 e. The Bertz CT molecular complexity index is 962. The van der Waals surface area contributed by atoms with E-state index >= 15 is 0 Å². The Kier molecular flexibility index (Phi) is 5.24. The van der Waals surface area contributed by atoms with Crippen LogP contribution >= 0.6 is 0 Å². The maximum Gasteiger partial charge on any atom is 0.121 e. The van der Waals surface area contributed by atoms with Crippen LogP contribution in [0.5, 0.6) is 0 Å². The molecule has 1 aromatic heterocycles. The van der Waals surface area contributed by atoms with Crippen molar-refractivity contribution in [2.45, 2.75) is 0 Å². The summed E-state index contributed by atoms with van der Waals surface area (Å²) < 4.78 is 0. The Morgan fingerprint density at radius 3 is 2.00 bits per heavy atom. The van der Waals surface area contributed by atoms with Crippen LogP contribution < -0.4 is 9.80 Å². The topological polar surface area (TPSA) is 19.4 Å². The number of anilines is 2. The lowest BCUT2D eigenvalue weighted by Crippen LogP contribution is -2.10. The van der Waals surface area contributed by atoms with Crippen LogP contribution in [-0.4, -0.2) is 33.2 Å². The van der Waals surface area contributed by atoms with Crippen LogP contribution in [0.1, 0.15) is 11.3 Å². The molecule has 2 aromatic carbocycles. The molecule has 0 amide bonds. The predicted octanol–water partition coefficient (Wildman–Crippen LogP) is 4.28. The molecule has 0 unspecified atom stereocenters. The standard InChI is InChI=1S/C23H23N3/c1-25(2)22-13-7-5-10-18(22)15-16-21-19(12-9-17-24-21)20-11-6-8-14-23(20)26(3)4/h5-14,17H,1-4H3. The smallest absolute Gasteiger partial charge is 0.121 e. The summed E-state index contributed by atoms with van der Waals surface area (Å²) in [5, 5.41) is 0. The first-order valence-corrected chi connectivity index (χ1v) is 8.58. The quantitative estimate of drug-likeness (QED) is 0.663. The summed E-state index contributed by atoms with van der Waals surface area (Å²) in [4.78, 5) is 8.73. The fourth-order valence-electron chi connectivity index (χ4n) is 2.91. The highest BCUT2D eigenvalue weighted by atomic mass is 15.1. The van der Waals surface area contributed by atoms with Gasteiger partial charge in [0.25, 0.3) is 0 Å². The Morgan fingerprint density at radius 2 is 1.27 bits per heavy atom. The van der Waals surface area contributed by atoms with Crippen LogP contribution in [0.4, 0.5) is 11.4 Å². The second-order valence-corrected chi connectivity index (χ2v) is 6.47. The summed E-state index contributed by atoms with van der Waals surface area (Å²) in [6.07, 6.45) is 1.80. The highest BCUT2D eigenvalue weighted by Gasteiger charge is 2.10. The number of rotatable bonds is 3. The highest BCUT2D eigenvalue weighted by Crippen LogP contribution is 2.31. The molecule has 130 valence electrons. The second-order valence-electron chi connectivity index (χ2n) is 6.47. The number of nitrogens with zero attached hydrogens (tertiary/aromatic N) is 3. The Labute approximate surface area is 155 Å². The van der Waals surface area contributed by atoms with Crippen LogP contribution in [0, 0.1) is 11.8 Å². The van der Waals surface area contributed by atoms with E-state index in [9.17, 15) is 0 Å². The molecule has 0 aliphatic rings. The molecule has 0 N–H and O–H groups in total. The Balaban J connectivity index is 2.09. The van der Waals surface area contributed by atoms with Gasteiger partial charge in [-0.15, -0.1) is 0 Å². The molecule has 3 heteroatoms. The van der Waals surface area contributed by atoms with Crippen LogP contribution in [0.3, 0.4) is 0 Å². The lowest BCUT2D eigenvalue weighted by atomic mass is 10.0. The predicted molar refractivity (Wildman–Crippen MR) is 111 cm³/mol. The van der Waals surface area contributed by atoms with Crippen molar-refractivity contribution < 1.29 is 0 Å². The third-order valence-corrected chi connectivity index (χ3v) is 4.19. The van der Waals surface area contributed by atoms with Crippen LogP contribution in [0.2, 0.25) is 0 Å². The van der Waals surface area contributed by atoms with E-state index in [-0.39, 0.29) is 0 Å². The maximum atomic E-state index is 4.54. The first-order valence-electron chi connectivity index (χ1n) is 8.58. The van der Waals surface area contributed by atoms with E-state index in [1.165, 1.54) is 0 Å². The zero-order valence-corrected chi connectivity index (χ0v) is 15.7. The summed E-state index contributed by atoms with van der Waals surface area (Å²) in [5.41, 5.74) is 6.22. The van der Waals surface area contributed by atoms with Gasteiger partial charge in [0.2, 0.25) is 0 Å². The third kappa shape index (κ3) is 3.70. The van der Waals surface area contributed by atoms with Crippen LogP contribution in [0.15, 0.2) is 66.9 Å². The van der Waals surface area contributed by atoms with Crippen molar-refractivity contribution in [3.63, 3.8) is 0 Å². The average Bonchev–Trinajstić information content (AvgIpc) is 2.66. The fraction of sp³-hybridized carbons (Fsp3) is 0.174. The lowest BCUT2D eigenvalue weighted by molar-refractivity contribution is 1.13. The summed E-state index contributed by atoms with van der Waals surface area (Å²) in [6.45, 7) is 0. The maximum absolute atomic E-state index is 4.54. The number of pyridine rings is 1.